The lowest BCUT2D eigenvalue weighted by Gasteiger charge is -2.35. The number of carbonyl (C=O) groups is 1. The van der Waals surface area contributed by atoms with Crippen LogP contribution in [-0.2, 0) is 21.4 Å². The zero-order valence-corrected chi connectivity index (χ0v) is 18.8. The Labute approximate surface area is 180 Å². The van der Waals surface area contributed by atoms with E-state index in [0.717, 1.165) is 12.8 Å². The van der Waals surface area contributed by atoms with E-state index in [9.17, 15) is 18.0 Å². The molecule has 2 aromatic rings. The number of H-pyrrole nitrogens is 1. The van der Waals surface area contributed by atoms with E-state index < -0.39 is 15.3 Å². The molecule has 30 heavy (non-hydrogen) atoms. The van der Waals surface area contributed by atoms with Gasteiger partial charge in [0.2, 0.25) is 15.9 Å². The number of thioether (sulfide) groups is 1. The normalized spacial score (nSPS) is 16.5. The molecule has 1 aliphatic heterocycles. The molecule has 0 aliphatic carbocycles. The van der Waals surface area contributed by atoms with Gasteiger partial charge in [-0.15, -0.1) is 5.10 Å². The molecule has 1 aliphatic rings. The molecule has 1 N–H and O–H groups in total. The van der Waals surface area contributed by atoms with Crippen molar-refractivity contribution >= 4 is 27.7 Å². The first-order valence-electron chi connectivity index (χ1n) is 10.0. The summed E-state index contributed by atoms with van der Waals surface area (Å²) in [5.74, 6) is -0.0887. The Hall–Kier alpha value is -2.11. The second-order valence-electron chi connectivity index (χ2n) is 7.12. The third-order valence-corrected chi connectivity index (χ3v) is 8.01. The van der Waals surface area contributed by atoms with Crippen LogP contribution in [0.25, 0.3) is 0 Å². The predicted molar refractivity (Wildman–Crippen MR) is 115 cm³/mol. The molecule has 1 unspecified atom stereocenters. The molecule has 3 rings (SSSR count). The molecule has 0 radical (unpaired) electrons. The average molecular weight is 454 g/mol. The summed E-state index contributed by atoms with van der Waals surface area (Å²) in [6, 6.07) is 8.32. The van der Waals surface area contributed by atoms with E-state index in [4.69, 9.17) is 0 Å². The number of hydrogen-bond donors (Lipinski definition) is 1. The molecule has 1 atom stereocenters. The van der Waals surface area contributed by atoms with Crippen molar-refractivity contribution < 1.29 is 13.2 Å². The van der Waals surface area contributed by atoms with E-state index in [1.807, 2.05) is 6.92 Å². The average Bonchev–Trinajstić information content (AvgIpc) is 3.11. The fourth-order valence-corrected chi connectivity index (χ4v) is 5.67. The summed E-state index contributed by atoms with van der Waals surface area (Å²) in [5.41, 5.74) is -0.273. The van der Waals surface area contributed by atoms with Gasteiger partial charge < -0.3 is 4.90 Å². The van der Waals surface area contributed by atoms with Gasteiger partial charge >= 0.3 is 5.69 Å². The number of benzene rings is 1. The Bertz CT molecular complexity index is 1010. The molecular formula is C19H27N5O4S2. The monoisotopic (exact) mass is 453 g/mol. The molecule has 9 nitrogen and oxygen atoms in total. The molecule has 0 bridgehead atoms. The van der Waals surface area contributed by atoms with Crippen molar-refractivity contribution in [3.8, 4) is 0 Å². The van der Waals surface area contributed by atoms with E-state index in [2.05, 4.69) is 10.2 Å². The maximum atomic E-state index is 12.9. The van der Waals surface area contributed by atoms with Crippen molar-refractivity contribution in [3.63, 3.8) is 0 Å². The topological polar surface area (TPSA) is 108 Å². The van der Waals surface area contributed by atoms with Crippen molar-refractivity contribution in [2.24, 2.45) is 0 Å². The second-order valence-corrected chi connectivity index (χ2v) is 10.4. The predicted octanol–water partition coefficient (Wildman–Crippen LogP) is 1.39. The molecule has 0 saturated carbocycles. The van der Waals surface area contributed by atoms with Gasteiger partial charge in [0.05, 0.1) is 10.1 Å². The van der Waals surface area contributed by atoms with Crippen LogP contribution in [0.3, 0.4) is 0 Å². The number of unbranched alkanes of at least 4 members (excludes halogenated alkanes) is 1. The molecular weight excluding hydrogens is 426 g/mol. The van der Waals surface area contributed by atoms with E-state index in [1.165, 1.54) is 16.1 Å². The van der Waals surface area contributed by atoms with Crippen LogP contribution in [0.1, 0.15) is 26.7 Å². The first-order chi connectivity index (χ1) is 14.3. The molecule has 164 valence electrons. The Morgan fingerprint density at radius 1 is 1.20 bits per heavy atom. The number of sulfonamides is 1. The Kier molecular flexibility index (Phi) is 7.37. The summed E-state index contributed by atoms with van der Waals surface area (Å²) in [6.07, 6.45) is 1.81. The molecule has 11 heteroatoms. The number of aromatic nitrogens is 3. The van der Waals surface area contributed by atoms with Crippen molar-refractivity contribution in [2.75, 3.05) is 26.2 Å². The minimum atomic E-state index is -3.55. The van der Waals surface area contributed by atoms with Gasteiger partial charge in [0.25, 0.3) is 0 Å². The van der Waals surface area contributed by atoms with Crippen LogP contribution in [-0.4, -0.2) is 69.7 Å². The first-order valence-corrected chi connectivity index (χ1v) is 12.3. The molecule has 1 fully saturated rings. The third kappa shape index (κ3) is 4.96. The number of nitrogens with one attached hydrogen (secondary N) is 1. The zero-order chi connectivity index (χ0) is 21.7. The maximum Gasteiger partial charge on any atom is 0.343 e. The van der Waals surface area contributed by atoms with Crippen LogP contribution < -0.4 is 5.69 Å². The molecule has 2 heterocycles. The molecule has 1 aromatic carbocycles. The largest absolute Gasteiger partial charge is 0.343 e. The summed E-state index contributed by atoms with van der Waals surface area (Å²) in [6.45, 7) is 5.56. The highest BCUT2D eigenvalue weighted by molar-refractivity contribution is 8.00. The summed E-state index contributed by atoms with van der Waals surface area (Å²) in [5, 5.41) is 6.56. The van der Waals surface area contributed by atoms with Gasteiger partial charge in [-0.05, 0) is 25.5 Å². The second kappa shape index (κ2) is 9.80. The van der Waals surface area contributed by atoms with Crippen LogP contribution in [0.4, 0.5) is 0 Å². The van der Waals surface area contributed by atoms with E-state index in [-0.39, 0.29) is 29.6 Å². The van der Waals surface area contributed by atoms with Crippen LogP contribution >= 0.6 is 11.8 Å². The highest BCUT2D eigenvalue weighted by Gasteiger charge is 2.32. The lowest BCUT2D eigenvalue weighted by atomic mass is 10.3. The van der Waals surface area contributed by atoms with Crippen molar-refractivity contribution in [1.29, 1.82) is 0 Å². The Morgan fingerprint density at radius 2 is 1.87 bits per heavy atom. The number of carbonyl (C=O) groups excluding carboxylic acids is 1. The van der Waals surface area contributed by atoms with Crippen LogP contribution in [0.15, 0.2) is 45.2 Å². The number of piperazine rings is 1. The van der Waals surface area contributed by atoms with E-state index >= 15 is 0 Å². The van der Waals surface area contributed by atoms with Crippen LogP contribution in [0.5, 0.6) is 0 Å². The van der Waals surface area contributed by atoms with Crippen LogP contribution in [0.2, 0.25) is 0 Å². The van der Waals surface area contributed by atoms with Gasteiger partial charge in [-0.1, -0.05) is 43.3 Å². The number of aromatic amines is 1. The number of amides is 1. The van der Waals surface area contributed by atoms with E-state index in [0.29, 0.717) is 24.8 Å². The number of nitrogens with zero attached hydrogens (tertiary/aromatic N) is 4. The summed E-state index contributed by atoms with van der Waals surface area (Å²) in [4.78, 5) is 26.7. The lowest BCUT2D eigenvalue weighted by Crippen LogP contribution is -2.52. The highest BCUT2D eigenvalue weighted by Crippen LogP contribution is 2.23. The van der Waals surface area contributed by atoms with Gasteiger partial charge in [-0.25, -0.2) is 18.3 Å². The Balaban J connectivity index is 1.60. The SMILES string of the molecule is CCCCn1c(SC(C)C(=O)N2CCN(S(=O)(=O)c3ccccc3)CC2)n[nH]c1=O. The minimum absolute atomic E-state index is 0.0887. The van der Waals surface area contributed by atoms with E-state index in [1.54, 1.807) is 46.7 Å². The maximum absolute atomic E-state index is 12.9. The molecule has 0 spiro atoms. The van der Waals surface area contributed by atoms with Crippen LogP contribution in [0, 0.1) is 0 Å². The molecule has 1 saturated heterocycles. The quantitative estimate of drug-likeness (QED) is 0.605. The third-order valence-electron chi connectivity index (χ3n) is 5.02. The van der Waals surface area contributed by atoms with Gasteiger partial charge in [-0.2, -0.15) is 4.31 Å². The standard InChI is InChI=1S/C19H27N5O4S2/c1-3-4-10-24-18(26)20-21-19(24)29-15(2)17(25)22-11-13-23(14-12-22)30(27,28)16-8-6-5-7-9-16/h5-9,15H,3-4,10-14H2,1-2H3,(H,20,26). The fourth-order valence-electron chi connectivity index (χ4n) is 3.26. The van der Waals surface area contributed by atoms with Gasteiger partial charge in [-0.3, -0.25) is 9.36 Å². The summed E-state index contributed by atoms with van der Waals surface area (Å²) < 4.78 is 28.5. The van der Waals surface area contributed by atoms with Gasteiger partial charge in [0, 0.05) is 32.7 Å². The number of hydrogen-bond acceptors (Lipinski definition) is 6. The minimum Gasteiger partial charge on any atom is -0.339 e. The lowest BCUT2D eigenvalue weighted by molar-refractivity contribution is -0.131. The highest BCUT2D eigenvalue weighted by atomic mass is 32.2. The Morgan fingerprint density at radius 3 is 2.50 bits per heavy atom. The summed E-state index contributed by atoms with van der Waals surface area (Å²) in [7, 11) is -3.55. The fraction of sp³-hybridized carbons (Fsp3) is 0.526. The van der Waals surface area contributed by atoms with Crippen molar-refractivity contribution in [1.82, 2.24) is 24.0 Å². The number of rotatable bonds is 8. The van der Waals surface area contributed by atoms with Gasteiger partial charge in [0.1, 0.15) is 0 Å². The smallest absolute Gasteiger partial charge is 0.339 e. The van der Waals surface area contributed by atoms with Crippen molar-refractivity contribution in [3.05, 3.63) is 40.8 Å². The van der Waals surface area contributed by atoms with Crippen molar-refractivity contribution in [2.45, 2.75) is 48.5 Å². The molecule has 1 amide bonds. The summed E-state index contributed by atoms with van der Waals surface area (Å²) >= 11 is 1.24. The molecule has 1 aromatic heterocycles. The van der Waals surface area contributed by atoms with Gasteiger partial charge in [0.15, 0.2) is 5.16 Å². The zero-order valence-electron chi connectivity index (χ0n) is 17.2. The first kappa shape index (κ1) is 22.6.